The van der Waals surface area contributed by atoms with Gasteiger partial charge in [0.15, 0.2) is 0 Å². The topological polar surface area (TPSA) is 74.9 Å². The average Bonchev–Trinajstić information content (AvgIpc) is 4.07. The van der Waals surface area contributed by atoms with Crippen molar-refractivity contribution in [2.24, 2.45) is 0 Å². The fourth-order valence-electron chi connectivity index (χ4n) is 5.50. The molecule has 0 radical (unpaired) electrons. The number of epoxide rings is 2. The molecule has 4 aromatic carbocycles. The molecule has 48 heavy (non-hydrogen) atoms. The van der Waals surface area contributed by atoms with Crippen molar-refractivity contribution in [1.82, 2.24) is 4.98 Å². The predicted octanol–water partition coefficient (Wildman–Crippen LogP) is 9.90. The molecule has 7 nitrogen and oxygen atoms in total. The minimum atomic E-state index is 0.496. The predicted molar refractivity (Wildman–Crippen MR) is 186 cm³/mol. The zero-order chi connectivity index (χ0) is 32.4. The van der Waals surface area contributed by atoms with Gasteiger partial charge in [-0.05, 0) is 109 Å². The maximum atomic E-state index is 6.10. The van der Waals surface area contributed by atoms with E-state index < -0.39 is 0 Å². The zero-order valence-electron chi connectivity index (χ0n) is 27.1. The first-order valence-corrected chi connectivity index (χ1v) is 16.9. The Hall–Kier alpha value is -4.85. The Kier molecular flexibility index (Phi) is 10.5. The molecule has 0 saturated carbocycles. The van der Waals surface area contributed by atoms with Crippen molar-refractivity contribution in [3.05, 3.63) is 116 Å². The molecule has 7 rings (SSSR count). The number of nitrogens with zero attached hydrogens (tertiary/aromatic N) is 1. The van der Waals surface area contributed by atoms with E-state index in [2.05, 4.69) is 29.2 Å². The van der Waals surface area contributed by atoms with Crippen LogP contribution in [-0.2, 0) is 9.47 Å². The molecule has 2 saturated heterocycles. The molecule has 0 amide bonds. The van der Waals surface area contributed by atoms with Crippen molar-refractivity contribution in [2.75, 3.05) is 26.4 Å². The van der Waals surface area contributed by atoms with Crippen LogP contribution in [0, 0.1) is 0 Å². The highest BCUT2D eigenvalue weighted by molar-refractivity contribution is 5.66. The van der Waals surface area contributed by atoms with Crippen LogP contribution in [-0.4, -0.2) is 43.6 Å². The molecule has 2 unspecified atom stereocenters. The maximum Gasteiger partial charge on any atom is 0.149 e. The SMILES string of the molecule is c1cc(-c2ccc(Oc3cncc(Oc4ccc(-c5ccc(OCCCCC6CO6)cc5)cc4)c3)cc2)ccc1OCCCCC1CO1. The molecule has 2 fully saturated rings. The largest absolute Gasteiger partial charge is 0.494 e. The number of hydrogen-bond acceptors (Lipinski definition) is 7. The molecule has 2 aliphatic heterocycles. The summed E-state index contributed by atoms with van der Waals surface area (Å²) in [5, 5.41) is 0. The summed E-state index contributed by atoms with van der Waals surface area (Å²) in [4.78, 5) is 4.32. The Morgan fingerprint density at radius 1 is 0.458 bits per heavy atom. The fourth-order valence-corrected chi connectivity index (χ4v) is 5.50. The first kappa shape index (κ1) is 31.7. The van der Waals surface area contributed by atoms with Crippen LogP contribution in [0.2, 0.25) is 0 Å². The summed E-state index contributed by atoms with van der Waals surface area (Å²) in [7, 11) is 0. The monoisotopic (exact) mass is 643 g/mol. The minimum Gasteiger partial charge on any atom is -0.494 e. The number of rotatable bonds is 18. The van der Waals surface area contributed by atoms with Gasteiger partial charge in [0.25, 0.3) is 0 Å². The summed E-state index contributed by atoms with van der Waals surface area (Å²) in [6.45, 7) is 3.32. The quantitative estimate of drug-likeness (QED) is 0.0695. The second-order valence-electron chi connectivity index (χ2n) is 12.3. The molecule has 0 bridgehead atoms. The number of ether oxygens (including phenoxy) is 6. The third kappa shape index (κ3) is 9.59. The smallest absolute Gasteiger partial charge is 0.149 e. The molecule has 0 N–H and O–H groups in total. The molecule has 246 valence electrons. The molecule has 0 aliphatic carbocycles. The lowest BCUT2D eigenvalue weighted by atomic mass is 10.1. The van der Waals surface area contributed by atoms with E-state index in [1.807, 2.05) is 78.9 Å². The standard InChI is InChI=1S/C41H41NO6/c1(5-38-28-45-38)3-23-43-34-15-7-30(8-16-34)32-11-19-36(20-12-32)47-40-25-41(27-42-26-40)48-37-21-13-33(14-22-37)31-9-17-35(18-10-31)44-24-4-2-6-39-29-46-39/h7-22,25-27,38-39H,1-6,23-24,28-29H2. The summed E-state index contributed by atoms with van der Waals surface area (Å²) in [6, 6.07) is 34.3. The number of hydrogen-bond donors (Lipinski definition) is 0. The van der Waals surface area contributed by atoms with Gasteiger partial charge in [-0.25, -0.2) is 0 Å². The lowest BCUT2D eigenvalue weighted by molar-refractivity contribution is 0.299. The van der Waals surface area contributed by atoms with E-state index in [0.29, 0.717) is 23.7 Å². The highest BCUT2D eigenvalue weighted by atomic mass is 16.6. The van der Waals surface area contributed by atoms with Crippen LogP contribution in [0.5, 0.6) is 34.5 Å². The highest BCUT2D eigenvalue weighted by Gasteiger charge is 2.21. The van der Waals surface area contributed by atoms with Gasteiger partial charge in [0.05, 0.1) is 51.0 Å². The molecule has 2 aliphatic rings. The summed E-state index contributed by atoms with van der Waals surface area (Å²) >= 11 is 0. The van der Waals surface area contributed by atoms with Crippen LogP contribution in [0.4, 0.5) is 0 Å². The van der Waals surface area contributed by atoms with E-state index in [0.717, 1.165) is 110 Å². The third-order valence-electron chi connectivity index (χ3n) is 8.43. The van der Waals surface area contributed by atoms with Gasteiger partial charge in [0.1, 0.15) is 34.5 Å². The molecule has 0 spiro atoms. The summed E-state index contributed by atoms with van der Waals surface area (Å²) in [5.74, 6) is 4.43. The second-order valence-corrected chi connectivity index (χ2v) is 12.3. The molecule has 5 aromatic rings. The van der Waals surface area contributed by atoms with Crippen molar-refractivity contribution < 1.29 is 28.4 Å². The van der Waals surface area contributed by atoms with Gasteiger partial charge >= 0.3 is 0 Å². The van der Waals surface area contributed by atoms with Gasteiger partial charge in [0, 0.05) is 6.07 Å². The molecular formula is C41H41NO6. The number of pyridine rings is 1. The van der Waals surface area contributed by atoms with E-state index in [-0.39, 0.29) is 0 Å². The molecule has 2 atom stereocenters. The fraction of sp³-hybridized carbons (Fsp3) is 0.293. The van der Waals surface area contributed by atoms with Crippen LogP contribution < -0.4 is 18.9 Å². The van der Waals surface area contributed by atoms with Gasteiger partial charge < -0.3 is 28.4 Å². The van der Waals surface area contributed by atoms with Crippen LogP contribution in [0.1, 0.15) is 38.5 Å². The lowest BCUT2D eigenvalue weighted by Crippen LogP contribution is -1.98. The Morgan fingerprint density at radius 3 is 1.17 bits per heavy atom. The molecule has 7 heteroatoms. The Morgan fingerprint density at radius 2 is 0.812 bits per heavy atom. The van der Waals surface area contributed by atoms with Gasteiger partial charge in [-0.15, -0.1) is 0 Å². The minimum absolute atomic E-state index is 0.496. The van der Waals surface area contributed by atoms with E-state index in [1.165, 1.54) is 0 Å². The third-order valence-corrected chi connectivity index (χ3v) is 8.43. The van der Waals surface area contributed by atoms with Crippen molar-refractivity contribution in [3.63, 3.8) is 0 Å². The highest BCUT2D eigenvalue weighted by Crippen LogP contribution is 2.31. The van der Waals surface area contributed by atoms with Gasteiger partial charge in [-0.1, -0.05) is 48.5 Å². The van der Waals surface area contributed by atoms with E-state index in [1.54, 1.807) is 12.4 Å². The van der Waals surface area contributed by atoms with E-state index >= 15 is 0 Å². The van der Waals surface area contributed by atoms with Crippen molar-refractivity contribution in [1.29, 1.82) is 0 Å². The maximum absolute atomic E-state index is 6.10. The lowest BCUT2D eigenvalue weighted by Gasteiger charge is -2.11. The average molecular weight is 644 g/mol. The second kappa shape index (κ2) is 15.8. The van der Waals surface area contributed by atoms with Crippen LogP contribution >= 0.6 is 0 Å². The Labute approximate surface area is 282 Å². The summed E-state index contributed by atoms with van der Waals surface area (Å²) in [5.41, 5.74) is 4.45. The van der Waals surface area contributed by atoms with Crippen LogP contribution in [0.15, 0.2) is 116 Å². The molecular weight excluding hydrogens is 602 g/mol. The zero-order valence-corrected chi connectivity index (χ0v) is 27.1. The Bertz CT molecular complexity index is 1590. The Balaban J connectivity index is 0.870. The van der Waals surface area contributed by atoms with E-state index in [9.17, 15) is 0 Å². The number of benzene rings is 4. The normalized spacial score (nSPS) is 16.2. The van der Waals surface area contributed by atoms with Crippen LogP contribution in [0.3, 0.4) is 0 Å². The van der Waals surface area contributed by atoms with Crippen molar-refractivity contribution in [2.45, 2.75) is 50.7 Å². The number of unbranched alkanes of at least 4 members (excludes halogenated alkanes) is 2. The van der Waals surface area contributed by atoms with Gasteiger partial charge in [0.2, 0.25) is 0 Å². The van der Waals surface area contributed by atoms with Crippen LogP contribution in [0.25, 0.3) is 22.3 Å². The van der Waals surface area contributed by atoms with Gasteiger partial charge in [-0.2, -0.15) is 0 Å². The first-order valence-electron chi connectivity index (χ1n) is 16.9. The molecule has 1 aromatic heterocycles. The summed E-state index contributed by atoms with van der Waals surface area (Å²) in [6.07, 6.45) is 11.0. The molecule has 3 heterocycles. The van der Waals surface area contributed by atoms with Crippen molar-refractivity contribution in [3.8, 4) is 56.8 Å². The first-order chi connectivity index (χ1) is 23.7. The van der Waals surface area contributed by atoms with Crippen molar-refractivity contribution >= 4 is 0 Å². The van der Waals surface area contributed by atoms with E-state index in [4.69, 9.17) is 28.4 Å². The summed E-state index contributed by atoms with van der Waals surface area (Å²) < 4.78 is 34.5. The number of aromatic nitrogens is 1. The van der Waals surface area contributed by atoms with Gasteiger partial charge in [-0.3, -0.25) is 4.98 Å².